The van der Waals surface area contributed by atoms with Crippen LogP contribution in [0, 0.1) is 6.92 Å². The van der Waals surface area contributed by atoms with E-state index in [0.717, 1.165) is 73.1 Å². The predicted molar refractivity (Wildman–Crippen MR) is 125 cm³/mol. The van der Waals surface area contributed by atoms with Crippen molar-refractivity contribution in [1.29, 1.82) is 0 Å². The normalized spacial score (nSPS) is 19.1. The minimum absolute atomic E-state index is 0.140. The first kappa shape index (κ1) is 20.8. The van der Waals surface area contributed by atoms with Crippen LogP contribution in [-0.4, -0.2) is 45.9 Å². The average molecular weight is 428 g/mol. The number of piperidine rings is 1. The number of aromatic nitrogens is 3. The van der Waals surface area contributed by atoms with E-state index in [1.165, 1.54) is 5.56 Å². The van der Waals surface area contributed by atoms with Crippen LogP contribution in [0.1, 0.15) is 47.8 Å². The molecule has 6 heteroatoms. The smallest absolute Gasteiger partial charge is 0.228 e. The Morgan fingerprint density at radius 1 is 1.06 bits per heavy atom. The van der Waals surface area contributed by atoms with Gasteiger partial charge in [-0.15, -0.1) is 0 Å². The third kappa shape index (κ3) is 4.15. The standard InChI is InChI=1S/C26H29N5O/c1-18-22-12-13-24(32)30(2)26(22)29-25(28-18)21-6-5-15-31(17-21)16-19-8-10-20(11-9-19)23-7-3-4-14-27-23/h3-4,7-11,14,21H,5-6,12-13,15-17H2,1-2H3. The van der Waals surface area contributed by atoms with Gasteiger partial charge in [0.2, 0.25) is 5.91 Å². The van der Waals surface area contributed by atoms with Gasteiger partial charge in [0.1, 0.15) is 11.6 Å². The maximum absolute atomic E-state index is 12.2. The zero-order valence-electron chi connectivity index (χ0n) is 18.8. The number of likely N-dealkylation sites (tertiary alicyclic amines) is 1. The van der Waals surface area contributed by atoms with Gasteiger partial charge in [0.15, 0.2) is 0 Å². The summed E-state index contributed by atoms with van der Waals surface area (Å²) >= 11 is 0. The van der Waals surface area contributed by atoms with Gasteiger partial charge < -0.3 is 0 Å². The number of anilines is 1. The summed E-state index contributed by atoms with van der Waals surface area (Å²) in [7, 11) is 1.83. The number of carbonyl (C=O) groups is 1. The van der Waals surface area contributed by atoms with E-state index in [-0.39, 0.29) is 5.91 Å². The Hall–Kier alpha value is -3.12. The highest BCUT2D eigenvalue weighted by Gasteiger charge is 2.29. The molecule has 164 valence electrons. The second-order valence-corrected chi connectivity index (χ2v) is 8.91. The van der Waals surface area contributed by atoms with Gasteiger partial charge in [0.05, 0.1) is 5.69 Å². The molecule has 0 radical (unpaired) electrons. The minimum atomic E-state index is 0.140. The summed E-state index contributed by atoms with van der Waals surface area (Å²) in [6.07, 6.45) is 5.34. The van der Waals surface area contributed by atoms with Crippen LogP contribution < -0.4 is 4.90 Å². The third-order valence-electron chi connectivity index (χ3n) is 6.68. The lowest BCUT2D eigenvalue weighted by Gasteiger charge is -2.33. The fourth-order valence-corrected chi connectivity index (χ4v) is 4.86. The monoisotopic (exact) mass is 427 g/mol. The SMILES string of the molecule is Cc1nc(C2CCCN(Cc3ccc(-c4ccccn4)cc3)C2)nc2c1CCC(=O)N2C. The third-order valence-corrected chi connectivity index (χ3v) is 6.68. The van der Waals surface area contributed by atoms with E-state index < -0.39 is 0 Å². The second kappa shape index (κ2) is 8.79. The summed E-state index contributed by atoms with van der Waals surface area (Å²) in [6.45, 7) is 5.00. The summed E-state index contributed by atoms with van der Waals surface area (Å²) in [5.74, 6) is 2.14. The van der Waals surface area contributed by atoms with Crippen molar-refractivity contribution < 1.29 is 4.79 Å². The van der Waals surface area contributed by atoms with Crippen molar-refractivity contribution in [2.75, 3.05) is 25.0 Å². The number of fused-ring (bicyclic) bond motifs is 1. The zero-order valence-corrected chi connectivity index (χ0v) is 18.8. The van der Waals surface area contributed by atoms with Crippen LogP contribution in [0.4, 0.5) is 5.82 Å². The maximum atomic E-state index is 12.2. The molecule has 2 aliphatic rings. The van der Waals surface area contributed by atoms with E-state index in [4.69, 9.17) is 9.97 Å². The topological polar surface area (TPSA) is 62.2 Å². The lowest BCUT2D eigenvalue weighted by Crippen LogP contribution is -2.36. The second-order valence-electron chi connectivity index (χ2n) is 8.91. The van der Waals surface area contributed by atoms with Gasteiger partial charge in [-0.1, -0.05) is 30.3 Å². The number of nitrogens with zero attached hydrogens (tertiary/aromatic N) is 5. The van der Waals surface area contributed by atoms with Gasteiger partial charge in [0.25, 0.3) is 0 Å². The zero-order chi connectivity index (χ0) is 22.1. The molecule has 32 heavy (non-hydrogen) atoms. The number of hydrogen-bond acceptors (Lipinski definition) is 5. The van der Waals surface area contributed by atoms with E-state index in [1.54, 1.807) is 4.90 Å². The highest BCUT2D eigenvalue weighted by atomic mass is 16.2. The molecule has 0 spiro atoms. The summed E-state index contributed by atoms with van der Waals surface area (Å²) in [6, 6.07) is 14.7. The predicted octanol–water partition coefficient (Wildman–Crippen LogP) is 4.14. The Morgan fingerprint density at radius 3 is 2.69 bits per heavy atom. The Labute approximate surface area is 189 Å². The molecule has 0 aliphatic carbocycles. The molecule has 0 N–H and O–H groups in total. The van der Waals surface area contributed by atoms with E-state index >= 15 is 0 Å². The van der Waals surface area contributed by atoms with Crippen molar-refractivity contribution in [2.45, 2.75) is 45.1 Å². The van der Waals surface area contributed by atoms with Crippen LogP contribution >= 0.6 is 0 Å². The van der Waals surface area contributed by atoms with Gasteiger partial charge in [-0.25, -0.2) is 9.97 Å². The number of carbonyl (C=O) groups excluding carboxylic acids is 1. The molecule has 1 saturated heterocycles. The van der Waals surface area contributed by atoms with Crippen molar-refractivity contribution >= 4 is 11.7 Å². The van der Waals surface area contributed by atoms with Gasteiger partial charge in [-0.2, -0.15) is 0 Å². The van der Waals surface area contributed by atoms with Crippen LogP contribution in [0.3, 0.4) is 0 Å². The number of rotatable bonds is 4. The summed E-state index contributed by atoms with van der Waals surface area (Å²) in [5.41, 5.74) is 5.59. The highest BCUT2D eigenvalue weighted by Crippen LogP contribution is 2.31. The summed E-state index contributed by atoms with van der Waals surface area (Å²) in [5, 5.41) is 0. The number of amides is 1. The van der Waals surface area contributed by atoms with Crippen LogP contribution in [0.2, 0.25) is 0 Å². The molecular formula is C26H29N5O. The van der Waals surface area contributed by atoms with Crippen LogP contribution in [0.25, 0.3) is 11.3 Å². The van der Waals surface area contributed by atoms with Crippen molar-refractivity contribution in [3.8, 4) is 11.3 Å². The molecule has 3 aromatic rings. The maximum Gasteiger partial charge on any atom is 0.228 e. The van der Waals surface area contributed by atoms with Gasteiger partial charge in [-0.3, -0.25) is 19.6 Å². The van der Waals surface area contributed by atoms with E-state index in [9.17, 15) is 4.79 Å². The number of hydrogen-bond donors (Lipinski definition) is 0. The molecule has 1 aromatic carbocycles. The Bertz CT molecular complexity index is 1110. The first-order chi connectivity index (χ1) is 15.6. The van der Waals surface area contributed by atoms with Gasteiger partial charge in [-0.05, 0) is 50.4 Å². The molecule has 2 aliphatic heterocycles. The van der Waals surface area contributed by atoms with Crippen LogP contribution in [0.5, 0.6) is 0 Å². The van der Waals surface area contributed by atoms with E-state index in [1.807, 2.05) is 31.4 Å². The first-order valence-electron chi connectivity index (χ1n) is 11.4. The molecule has 0 saturated carbocycles. The average Bonchev–Trinajstić information content (AvgIpc) is 2.83. The first-order valence-corrected chi connectivity index (χ1v) is 11.4. The summed E-state index contributed by atoms with van der Waals surface area (Å²) in [4.78, 5) is 30.6. The Morgan fingerprint density at radius 2 is 1.91 bits per heavy atom. The number of benzene rings is 1. The fraction of sp³-hybridized carbons (Fsp3) is 0.385. The lowest BCUT2D eigenvalue weighted by molar-refractivity contribution is -0.118. The van der Waals surface area contributed by atoms with Crippen molar-refractivity contribution in [3.63, 3.8) is 0 Å². The lowest BCUT2D eigenvalue weighted by atomic mass is 9.95. The number of pyridine rings is 1. The van der Waals surface area contributed by atoms with Crippen molar-refractivity contribution in [1.82, 2.24) is 19.9 Å². The van der Waals surface area contributed by atoms with Gasteiger partial charge in [0, 0.05) is 55.5 Å². The van der Waals surface area contributed by atoms with Crippen LogP contribution in [-0.2, 0) is 17.8 Å². The molecule has 1 atom stereocenters. The molecule has 0 bridgehead atoms. The summed E-state index contributed by atoms with van der Waals surface area (Å²) < 4.78 is 0. The molecule has 2 aromatic heterocycles. The van der Waals surface area contributed by atoms with E-state index in [0.29, 0.717) is 12.3 Å². The minimum Gasteiger partial charge on any atom is -0.300 e. The highest BCUT2D eigenvalue weighted by molar-refractivity contribution is 5.94. The number of aryl methyl sites for hydroxylation is 1. The van der Waals surface area contributed by atoms with Crippen molar-refractivity contribution in [2.24, 2.45) is 0 Å². The largest absolute Gasteiger partial charge is 0.300 e. The van der Waals surface area contributed by atoms with Crippen molar-refractivity contribution in [3.05, 3.63) is 71.3 Å². The van der Waals surface area contributed by atoms with Crippen LogP contribution in [0.15, 0.2) is 48.7 Å². The molecule has 1 unspecified atom stereocenters. The molecule has 5 rings (SSSR count). The molecule has 6 nitrogen and oxygen atoms in total. The van der Waals surface area contributed by atoms with E-state index in [2.05, 4.69) is 41.1 Å². The Balaban J connectivity index is 1.30. The molecule has 4 heterocycles. The van der Waals surface area contributed by atoms with Gasteiger partial charge >= 0.3 is 0 Å². The molecule has 1 fully saturated rings. The molecule has 1 amide bonds. The fourth-order valence-electron chi connectivity index (χ4n) is 4.86. The quantitative estimate of drug-likeness (QED) is 0.626. The molecular weight excluding hydrogens is 398 g/mol. The Kier molecular flexibility index (Phi) is 5.70.